The lowest BCUT2D eigenvalue weighted by molar-refractivity contribution is 0.206. The molecule has 3 nitrogen and oxygen atoms in total. The largest absolute Gasteiger partial charge is 0.494 e. The van der Waals surface area contributed by atoms with Crippen LogP contribution in [-0.2, 0) is 6.54 Å². The standard InChI is InChI=1S/C15H22Br2N2O/c1-19-5-3-4-11(10-19)8-18-9-12-6-13(16)15(20-2)14(17)7-12/h6-7,11,18H,3-5,8-10H2,1-2H3. The molecule has 0 aromatic heterocycles. The molecule has 1 heterocycles. The molecule has 2 rings (SSSR count). The summed E-state index contributed by atoms with van der Waals surface area (Å²) in [5.74, 6) is 1.63. The monoisotopic (exact) mass is 404 g/mol. The van der Waals surface area contributed by atoms with Crippen LogP contribution in [0.25, 0.3) is 0 Å². The van der Waals surface area contributed by atoms with E-state index in [1.54, 1.807) is 7.11 Å². The Hall–Kier alpha value is -0.100. The van der Waals surface area contributed by atoms with Crippen molar-refractivity contribution in [2.45, 2.75) is 19.4 Å². The zero-order valence-electron chi connectivity index (χ0n) is 12.1. The summed E-state index contributed by atoms with van der Waals surface area (Å²) in [6.07, 6.45) is 2.66. The Morgan fingerprint density at radius 1 is 1.35 bits per heavy atom. The lowest BCUT2D eigenvalue weighted by Crippen LogP contribution is -2.37. The fraction of sp³-hybridized carbons (Fsp3) is 0.600. The number of hydrogen-bond donors (Lipinski definition) is 1. The third-order valence-electron chi connectivity index (χ3n) is 3.75. The number of nitrogens with zero attached hydrogens (tertiary/aromatic N) is 1. The number of hydrogen-bond acceptors (Lipinski definition) is 3. The fourth-order valence-electron chi connectivity index (χ4n) is 2.77. The summed E-state index contributed by atoms with van der Waals surface area (Å²) in [4.78, 5) is 2.43. The molecule has 5 heteroatoms. The Morgan fingerprint density at radius 2 is 2.05 bits per heavy atom. The first-order chi connectivity index (χ1) is 9.60. The lowest BCUT2D eigenvalue weighted by atomic mass is 9.98. The molecule has 1 unspecified atom stereocenters. The molecule has 1 aliphatic rings. The highest BCUT2D eigenvalue weighted by molar-refractivity contribution is 9.11. The number of likely N-dealkylation sites (tertiary alicyclic amines) is 1. The van der Waals surface area contributed by atoms with E-state index in [0.29, 0.717) is 0 Å². The molecular formula is C15H22Br2N2O. The van der Waals surface area contributed by atoms with Gasteiger partial charge in [0.05, 0.1) is 16.1 Å². The van der Waals surface area contributed by atoms with Crippen molar-refractivity contribution in [3.8, 4) is 5.75 Å². The van der Waals surface area contributed by atoms with Crippen LogP contribution in [0.1, 0.15) is 18.4 Å². The third-order valence-corrected chi connectivity index (χ3v) is 4.92. The molecule has 0 spiro atoms. The average Bonchev–Trinajstić information content (AvgIpc) is 2.38. The minimum atomic E-state index is 0.777. The first kappa shape index (κ1) is 16.3. The van der Waals surface area contributed by atoms with E-state index in [0.717, 1.165) is 33.7 Å². The van der Waals surface area contributed by atoms with Crippen LogP contribution in [0, 0.1) is 5.92 Å². The maximum Gasteiger partial charge on any atom is 0.147 e. The smallest absolute Gasteiger partial charge is 0.147 e. The quantitative estimate of drug-likeness (QED) is 0.808. The molecule has 1 aliphatic heterocycles. The van der Waals surface area contributed by atoms with Crippen molar-refractivity contribution in [3.63, 3.8) is 0 Å². The molecule has 0 amide bonds. The van der Waals surface area contributed by atoms with Gasteiger partial charge in [-0.3, -0.25) is 0 Å². The maximum atomic E-state index is 5.32. The van der Waals surface area contributed by atoms with Crippen molar-refractivity contribution >= 4 is 31.9 Å². The molecule has 1 N–H and O–H groups in total. The summed E-state index contributed by atoms with van der Waals surface area (Å²) in [7, 11) is 3.90. The van der Waals surface area contributed by atoms with Gasteiger partial charge in [0, 0.05) is 13.1 Å². The molecule has 0 bridgehead atoms. The number of benzene rings is 1. The van der Waals surface area contributed by atoms with Gasteiger partial charge in [0.15, 0.2) is 0 Å². The second-order valence-corrected chi connectivity index (χ2v) is 7.20. The summed E-state index contributed by atoms with van der Waals surface area (Å²) >= 11 is 7.09. The van der Waals surface area contributed by atoms with E-state index in [-0.39, 0.29) is 0 Å². The van der Waals surface area contributed by atoms with Gasteiger partial charge in [-0.25, -0.2) is 0 Å². The normalized spacial score (nSPS) is 20.1. The SMILES string of the molecule is COc1c(Br)cc(CNCC2CCCN(C)C2)cc1Br. The van der Waals surface area contributed by atoms with Gasteiger partial charge in [0.25, 0.3) is 0 Å². The summed E-state index contributed by atoms with van der Waals surface area (Å²) in [5, 5.41) is 3.57. The summed E-state index contributed by atoms with van der Waals surface area (Å²) in [6.45, 7) is 4.44. The Kier molecular flexibility index (Phi) is 6.33. The van der Waals surface area contributed by atoms with Crippen LogP contribution in [0.3, 0.4) is 0 Å². The van der Waals surface area contributed by atoms with Gasteiger partial charge in [-0.1, -0.05) is 0 Å². The first-order valence-corrected chi connectivity index (χ1v) is 8.60. The molecule has 0 radical (unpaired) electrons. The first-order valence-electron chi connectivity index (χ1n) is 7.01. The van der Waals surface area contributed by atoms with Crippen LogP contribution in [-0.4, -0.2) is 38.7 Å². The number of halogens is 2. The van der Waals surface area contributed by atoms with Crippen molar-refractivity contribution in [2.75, 3.05) is 33.8 Å². The molecule has 1 saturated heterocycles. The molecule has 112 valence electrons. The van der Waals surface area contributed by atoms with Crippen LogP contribution >= 0.6 is 31.9 Å². The molecular weight excluding hydrogens is 384 g/mol. The Bertz CT molecular complexity index is 430. The molecule has 0 aliphatic carbocycles. The average molecular weight is 406 g/mol. The minimum absolute atomic E-state index is 0.777. The molecule has 1 aromatic carbocycles. The Balaban J connectivity index is 1.85. The van der Waals surface area contributed by atoms with E-state index >= 15 is 0 Å². The van der Waals surface area contributed by atoms with Crippen molar-refractivity contribution in [3.05, 3.63) is 26.6 Å². The number of rotatable bonds is 5. The van der Waals surface area contributed by atoms with Gasteiger partial charge in [0.2, 0.25) is 0 Å². The van der Waals surface area contributed by atoms with Crippen LogP contribution in [0.15, 0.2) is 21.1 Å². The third kappa shape index (κ3) is 4.45. The number of nitrogens with one attached hydrogen (secondary N) is 1. The summed E-state index contributed by atoms with van der Waals surface area (Å²) < 4.78 is 7.30. The highest BCUT2D eigenvalue weighted by Gasteiger charge is 2.16. The lowest BCUT2D eigenvalue weighted by Gasteiger charge is -2.29. The van der Waals surface area contributed by atoms with Gasteiger partial charge in [-0.15, -0.1) is 0 Å². The Morgan fingerprint density at radius 3 is 2.65 bits per heavy atom. The van der Waals surface area contributed by atoms with Gasteiger partial charge < -0.3 is 15.0 Å². The summed E-state index contributed by atoms with van der Waals surface area (Å²) in [6, 6.07) is 4.23. The van der Waals surface area contributed by atoms with Crippen molar-refractivity contribution in [1.82, 2.24) is 10.2 Å². The van der Waals surface area contributed by atoms with Crippen LogP contribution < -0.4 is 10.1 Å². The topological polar surface area (TPSA) is 24.5 Å². The number of methoxy groups -OCH3 is 1. The Labute approximate surface area is 138 Å². The second-order valence-electron chi connectivity index (χ2n) is 5.49. The van der Waals surface area contributed by atoms with E-state index in [1.807, 2.05) is 0 Å². The number of piperidine rings is 1. The highest BCUT2D eigenvalue weighted by atomic mass is 79.9. The molecule has 1 aromatic rings. The second kappa shape index (κ2) is 7.78. The van der Waals surface area contributed by atoms with Crippen molar-refractivity contribution in [2.24, 2.45) is 5.92 Å². The fourth-order valence-corrected chi connectivity index (χ4v) is 4.37. The van der Waals surface area contributed by atoms with Crippen LogP contribution in [0.2, 0.25) is 0 Å². The molecule has 1 atom stereocenters. The van der Waals surface area contributed by atoms with E-state index in [4.69, 9.17) is 4.74 Å². The predicted molar refractivity (Wildman–Crippen MR) is 90.3 cm³/mol. The zero-order valence-corrected chi connectivity index (χ0v) is 15.3. The zero-order chi connectivity index (χ0) is 14.5. The minimum Gasteiger partial charge on any atom is -0.494 e. The van der Waals surface area contributed by atoms with Gasteiger partial charge in [0.1, 0.15) is 5.75 Å². The maximum absolute atomic E-state index is 5.32. The van der Waals surface area contributed by atoms with E-state index in [1.165, 1.54) is 31.5 Å². The van der Waals surface area contributed by atoms with Crippen molar-refractivity contribution < 1.29 is 4.74 Å². The van der Waals surface area contributed by atoms with Crippen molar-refractivity contribution in [1.29, 1.82) is 0 Å². The van der Waals surface area contributed by atoms with E-state index < -0.39 is 0 Å². The molecule has 20 heavy (non-hydrogen) atoms. The van der Waals surface area contributed by atoms with Gasteiger partial charge >= 0.3 is 0 Å². The van der Waals surface area contributed by atoms with E-state index in [2.05, 4.69) is 61.3 Å². The van der Waals surface area contributed by atoms with Crippen LogP contribution in [0.5, 0.6) is 5.75 Å². The molecule has 0 saturated carbocycles. The predicted octanol–water partition coefficient (Wildman–Crippen LogP) is 3.65. The van der Waals surface area contributed by atoms with E-state index in [9.17, 15) is 0 Å². The van der Waals surface area contributed by atoms with Gasteiger partial charge in [-0.05, 0) is 88.5 Å². The summed E-state index contributed by atoms with van der Waals surface area (Å²) in [5.41, 5.74) is 1.26. The molecule has 1 fully saturated rings. The van der Waals surface area contributed by atoms with Gasteiger partial charge in [-0.2, -0.15) is 0 Å². The highest BCUT2D eigenvalue weighted by Crippen LogP contribution is 2.34. The number of ether oxygens (including phenoxy) is 1. The van der Waals surface area contributed by atoms with Crippen LogP contribution in [0.4, 0.5) is 0 Å².